The molecule has 1 aliphatic carbocycles. The average Bonchev–Trinajstić information content (AvgIpc) is 2.43. The number of carbonyl (C=O) groups excluding carboxylic acids is 2. The topological polar surface area (TPSA) is 60.9 Å². The zero-order chi connectivity index (χ0) is 13.8. The van der Waals surface area contributed by atoms with Crippen LogP contribution in [0.15, 0.2) is 0 Å². The van der Waals surface area contributed by atoms with Crippen molar-refractivity contribution in [1.82, 2.24) is 9.80 Å². The molecule has 0 radical (unpaired) electrons. The van der Waals surface area contributed by atoms with Gasteiger partial charge in [-0.15, -0.1) is 0 Å². The molecule has 5 nitrogen and oxygen atoms in total. The summed E-state index contributed by atoms with van der Waals surface area (Å²) in [7, 11) is 0. The fourth-order valence-electron chi connectivity index (χ4n) is 3.05. The molecule has 0 aromatic rings. The fraction of sp³-hybridized carbons (Fsp3) is 0.857. The molecule has 2 fully saturated rings. The van der Waals surface area contributed by atoms with Gasteiger partial charge in [0.1, 0.15) is 0 Å². The van der Waals surface area contributed by atoms with Gasteiger partial charge in [0.15, 0.2) is 0 Å². The van der Waals surface area contributed by atoms with Gasteiger partial charge in [0.05, 0.1) is 19.2 Å². The van der Waals surface area contributed by atoms with E-state index >= 15 is 0 Å². The molecule has 1 N–H and O–H groups in total. The van der Waals surface area contributed by atoms with Gasteiger partial charge in [-0.25, -0.2) is 0 Å². The molecule has 1 atom stereocenters. The van der Waals surface area contributed by atoms with Crippen molar-refractivity contribution in [2.45, 2.75) is 45.1 Å². The summed E-state index contributed by atoms with van der Waals surface area (Å²) in [6.07, 6.45) is 5.17. The number of aliphatic hydroxyl groups excluding tert-OH is 1. The van der Waals surface area contributed by atoms with Crippen molar-refractivity contribution < 1.29 is 14.7 Å². The number of carbonyl (C=O) groups is 2. The second-order valence-electron chi connectivity index (χ2n) is 5.65. The molecule has 2 amide bonds. The smallest absolute Gasteiger partial charge is 0.242 e. The summed E-state index contributed by atoms with van der Waals surface area (Å²) in [5, 5.41) is 10.2. The SMILES string of the molecule is CCN1CC(=O)N(CC(O)C2CCCCC2)CC1=O. The lowest BCUT2D eigenvalue weighted by Crippen LogP contribution is -2.55. The Kier molecular flexibility index (Phi) is 4.80. The number of amides is 2. The van der Waals surface area contributed by atoms with Crippen LogP contribution in [0.25, 0.3) is 0 Å². The van der Waals surface area contributed by atoms with E-state index in [1.807, 2.05) is 6.92 Å². The van der Waals surface area contributed by atoms with E-state index < -0.39 is 6.10 Å². The van der Waals surface area contributed by atoms with Crippen molar-refractivity contribution in [2.75, 3.05) is 26.2 Å². The highest BCUT2D eigenvalue weighted by Gasteiger charge is 2.32. The molecule has 0 bridgehead atoms. The van der Waals surface area contributed by atoms with Crippen LogP contribution in [0.1, 0.15) is 39.0 Å². The molecular formula is C14H24N2O3. The monoisotopic (exact) mass is 268 g/mol. The number of hydrogen-bond donors (Lipinski definition) is 1. The average molecular weight is 268 g/mol. The predicted molar refractivity (Wildman–Crippen MR) is 71.4 cm³/mol. The normalized spacial score (nSPS) is 23.9. The van der Waals surface area contributed by atoms with Crippen molar-refractivity contribution in [1.29, 1.82) is 0 Å². The summed E-state index contributed by atoms with van der Waals surface area (Å²) >= 11 is 0. The second kappa shape index (κ2) is 6.37. The summed E-state index contributed by atoms with van der Waals surface area (Å²) in [6, 6.07) is 0. The summed E-state index contributed by atoms with van der Waals surface area (Å²) in [6.45, 7) is 3.04. The Morgan fingerprint density at radius 3 is 2.32 bits per heavy atom. The zero-order valence-electron chi connectivity index (χ0n) is 11.7. The van der Waals surface area contributed by atoms with E-state index in [-0.39, 0.29) is 24.9 Å². The first-order valence-electron chi connectivity index (χ1n) is 7.35. The first kappa shape index (κ1) is 14.3. The van der Waals surface area contributed by atoms with Gasteiger partial charge in [0.2, 0.25) is 11.8 Å². The number of rotatable bonds is 4. The lowest BCUT2D eigenvalue weighted by Gasteiger charge is -2.36. The molecule has 5 heteroatoms. The molecule has 108 valence electrons. The van der Waals surface area contributed by atoms with Crippen molar-refractivity contribution in [2.24, 2.45) is 5.92 Å². The molecule has 0 aromatic heterocycles. The van der Waals surface area contributed by atoms with E-state index in [9.17, 15) is 14.7 Å². The van der Waals surface area contributed by atoms with E-state index in [0.717, 1.165) is 25.7 Å². The maximum Gasteiger partial charge on any atom is 0.242 e. The van der Waals surface area contributed by atoms with Gasteiger partial charge in [-0.1, -0.05) is 19.3 Å². The van der Waals surface area contributed by atoms with Crippen LogP contribution in [0, 0.1) is 5.92 Å². The van der Waals surface area contributed by atoms with Crippen LogP contribution < -0.4 is 0 Å². The summed E-state index contributed by atoms with van der Waals surface area (Å²) in [5.41, 5.74) is 0. The summed E-state index contributed by atoms with van der Waals surface area (Å²) in [4.78, 5) is 26.8. The molecule has 1 saturated heterocycles. The van der Waals surface area contributed by atoms with E-state index in [1.54, 1.807) is 4.90 Å². The molecule has 0 aromatic carbocycles. The van der Waals surface area contributed by atoms with Gasteiger partial charge in [-0.2, -0.15) is 0 Å². The van der Waals surface area contributed by atoms with Crippen LogP contribution in [0.2, 0.25) is 0 Å². The lowest BCUT2D eigenvalue weighted by molar-refractivity contribution is -0.151. The van der Waals surface area contributed by atoms with Crippen molar-refractivity contribution >= 4 is 11.8 Å². The third-order valence-electron chi connectivity index (χ3n) is 4.34. The number of β-amino-alcohol motifs (C(OH)–C–C–N with tert-alkyl or cyclic N) is 1. The Balaban J connectivity index is 1.87. The number of hydrogen-bond acceptors (Lipinski definition) is 3. The largest absolute Gasteiger partial charge is 0.391 e. The van der Waals surface area contributed by atoms with Crippen LogP contribution in [0.3, 0.4) is 0 Å². The third kappa shape index (κ3) is 3.47. The minimum Gasteiger partial charge on any atom is -0.391 e. The predicted octanol–water partition coefficient (Wildman–Crippen LogP) is 0.618. The molecular weight excluding hydrogens is 244 g/mol. The number of nitrogens with zero attached hydrogens (tertiary/aromatic N) is 2. The molecule has 2 aliphatic rings. The highest BCUT2D eigenvalue weighted by molar-refractivity contribution is 5.92. The van der Waals surface area contributed by atoms with Gasteiger partial charge in [0.25, 0.3) is 0 Å². The van der Waals surface area contributed by atoms with E-state index in [0.29, 0.717) is 19.0 Å². The van der Waals surface area contributed by atoms with Gasteiger partial charge >= 0.3 is 0 Å². The number of piperazine rings is 1. The maximum absolute atomic E-state index is 11.9. The van der Waals surface area contributed by atoms with Crippen LogP contribution >= 0.6 is 0 Å². The first-order valence-corrected chi connectivity index (χ1v) is 7.35. The maximum atomic E-state index is 11.9. The summed E-state index contributed by atoms with van der Waals surface area (Å²) < 4.78 is 0. The molecule has 1 aliphatic heterocycles. The summed E-state index contributed by atoms with van der Waals surface area (Å²) in [5.74, 6) is 0.232. The molecule has 1 unspecified atom stereocenters. The second-order valence-corrected chi connectivity index (χ2v) is 5.65. The zero-order valence-corrected chi connectivity index (χ0v) is 11.7. The molecule has 19 heavy (non-hydrogen) atoms. The van der Waals surface area contributed by atoms with Crippen LogP contribution in [0.4, 0.5) is 0 Å². The minimum absolute atomic E-state index is 0.0158. The van der Waals surface area contributed by atoms with Crippen molar-refractivity contribution in [3.05, 3.63) is 0 Å². The first-order chi connectivity index (χ1) is 9.11. The Morgan fingerprint density at radius 1 is 1.11 bits per heavy atom. The fourth-order valence-corrected chi connectivity index (χ4v) is 3.05. The van der Waals surface area contributed by atoms with Gasteiger partial charge in [0, 0.05) is 13.1 Å². The molecule has 0 spiro atoms. The highest BCUT2D eigenvalue weighted by atomic mass is 16.3. The van der Waals surface area contributed by atoms with Crippen molar-refractivity contribution in [3.63, 3.8) is 0 Å². The van der Waals surface area contributed by atoms with Crippen LogP contribution in [-0.4, -0.2) is 59.0 Å². The molecule has 1 heterocycles. The van der Waals surface area contributed by atoms with Gasteiger partial charge in [-0.3, -0.25) is 9.59 Å². The Morgan fingerprint density at radius 2 is 1.68 bits per heavy atom. The number of aliphatic hydroxyl groups is 1. The van der Waals surface area contributed by atoms with Crippen molar-refractivity contribution in [3.8, 4) is 0 Å². The number of likely N-dealkylation sites (N-methyl/N-ethyl adjacent to an activating group) is 1. The Hall–Kier alpha value is -1.10. The standard InChI is InChI=1S/C14H24N2O3/c1-2-15-9-14(19)16(10-13(15)18)8-12(17)11-6-4-3-5-7-11/h11-12,17H,2-10H2,1H3. The molecule has 2 rings (SSSR count). The third-order valence-corrected chi connectivity index (χ3v) is 4.34. The Labute approximate surface area is 114 Å². The quantitative estimate of drug-likeness (QED) is 0.813. The van der Waals surface area contributed by atoms with Crippen LogP contribution in [-0.2, 0) is 9.59 Å². The van der Waals surface area contributed by atoms with Gasteiger partial charge in [-0.05, 0) is 25.7 Å². The minimum atomic E-state index is -0.481. The Bertz CT molecular complexity index is 340. The lowest BCUT2D eigenvalue weighted by atomic mass is 9.85. The van der Waals surface area contributed by atoms with E-state index in [4.69, 9.17) is 0 Å². The van der Waals surface area contributed by atoms with E-state index in [2.05, 4.69) is 0 Å². The van der Waals surface area contributed by atoms with E-state index in [1.165, 1.54) is 11.3 Å². The molecule has 1 saturated carbocycles. The van der Waals surface area contributed by atoms with Gasteiger partial charge < -0.3 is 14.9 Å². The highest BCUT2D eigenvalue weighted by Crippen LogP contribution is 2.27. The van der Waals surface area contributed by atoms with Crippen LogP contribution in [0.5, 0.6) is 0 Å².